The zero-order valence-electron chi connectivity index (χ0n) is 25.4. The summed E-state index contributed by atoms with van der Waals surface area (Å²) in [6, 6.07) is 7.77. The van der Waals surface area contributed by atoms with E-state index in [1.54, 1.807) is 0 Å². The van der Waals surface area contributed by atoms with Crippen LogP contribution in [0.25, 0.3) is 22.3 Å². The fourth-order valence-electron chi connectivity index (χ4n) is 5.97. The van der Waals surface area contributed by atoms with Gasteiger partial charge < -0.3 is 84.3 Å². The normalized spacial score (nSPS) is 36.9. The van der Waals surface area contributed by atoms with E-state index in [2.05, 4.69) is 0 Å². The van der Waals surface area contributed by atoms with Crippen LogP contribution in [-0.4, -0.2) is 150 Å². The maximum Gasteiger partial charge on any atom is 0.229 e. The molecule has 1 aromatic heterocycles. The molecule has 4 heterocycles. The second-order valence-corrected chi connectivity index (χ2v) is 12.0. The molecule has 268 valence electrons. The highest BCUT2D eigenvalue weighted by Crippen LogP contribution is 2.46. The molecule has 0 amide bonds. The molecule has 49 heavy (non-hydrogen) atoms. The molecule has 0 aliphatic carbocycles. The number of hydrogen-bond donors (Lipinski definition) is 11. The van der Waals surface area contributed by atoms with Crippen LogP contribution in [0.2, 0.25) is 0 Å². The first-order valence-electron chi connectivity index (χ1n) is 15.2. The fourth-order valence-corrected chi connectivity index (χ4v) is 5.97. The van der Waals surface area contributed by atoms with Crippen molar-refractivity contribution in [3.05, 3.63) is 52.2 Å². The van der Waals surface area contributed by atoms with Gasteiger partial charge in [-0.05, 0) is 24.3 Å². The van der Waals surface area contributed by atoms with Crippen LogP contribution in [0, 0.1) is 0 Å². The Hall–Kier alpha value is -3.47. The van der Waals surface area contributed by atoms with Gasteiger partial charge in [-0.1, -0.05) is 0 Å². The Bertz CT molecular complexity index is 1680. The van der Waals surface area contributed by atoms with Crippen molar-refractivity contribution >= 4 is 11.0 Å². The third-order valence-electron chi connectivity index (χ3n) is 8.74. The zero-order valence-corrected chi connectivity index (χ0v) is 25.4. The Balaban J connectivity index is 1.49. The molecular weight excluding hydrogens is 660 g/mol. The molecule has 0 spiro atoms. The second kappa shape index (κ2) is 14.0. The Labute approximate surface area is 275 Å². The molecule has 3 saturated heterocycles. The van der Waals surface area contributed by atoms with E-state index in [0.717, 1.165) is 12.1 Å². The van der Waals surface area contributed by atoms with Gasteiger partial charge in [0.15, 0.2) is 11.7 Å². The number of benzene rings is 2. The van der Waals surface area contributed by atoms with Crippen molar-refractivity contribution < 1.29 is 84.3 Å². The number of fused-ring (bicyclic) bond motifs is 1. The van der Waals surface area contributed by atoms with Crippen molar-refractivity contribution in [2.24, 2.45) is 0 Å². The van der Waals surface area contributed by atoms with E-state index in [1.807, 2.05) is 0 Å². The molecule has 11 N–H and O–H groups in total. The van der Waals surface area contributed by atoms with Gasteiger partial charge in [-0.2, -0.15) is 0 Å². The highest BCUT2D eigenvalue weighted by molar-refractivity contribution is 5.88. The lowest BCUT2D eigenvalue weighted by molar-refractivity contribution is -0.316. The maximum absolute atomic E-state index is 13.5. The summed E-state index contributed by atoms with van der Waals surface area (Å²) in [7, 11) is 0. The van der Waals surface area contributed by atoms with Crippen molar-refractivity contribution in [1.29, 1.82) is 0 Å². The van der Waals surface area contributed by atoms with Gasteiger partial charge in [0.1, 0.15) is 101 Å². The smallest absolute Gasteiger partial charge is 0.229 e. The first-order valence-corrected chi connectivity index (χ1v) is 15.2. The molecule has 3 aromatic rings. The van der Waals surface area contributed by atoms with Crippen LogP contribution in [0.5, 0.6) is 17.2 Å². The van der Waals surface area contributed by atoms with E-state index >= 15 is 0 Å². The summed E-state index contributed by atoms with van der Waals surface area (Å²) in [6.07, 6.45) is -22.4. The van der Waals surface area contributed by atoms with E-state index in [1.165, 1.54) is 24.3 Å². The first kappa shape index (κ1) is 35.4. The molecule has 0 radical (unpaired) electrons. The van der Waals surface area contributed by atoms with Gasteiger partial charge in [0, 0.05) is 17.7 Å². The molecule has 2 aromatic carbocycles. The molecule has 18 heteroatoms. The minimum Gasteiger partial charge on any atom is -0.508 e. The fraction of sp³-hybridized carbons (Fsp3) is 0.516. The number of phenols is 2. The van der Waals surface area contributed by atoms with Crippen LogP contribution in [0.15, 0.2) is 45.6 Å². The predicted octanol–water partition coefficient (Wildman–Crippen LogP) is -3.33. The summed E-state index contributed by atoms with van der Waals surface area (Å²) >= 11 is 0. The molecule has 13 atom stereocenters. The molecule has 6 rings (SSSR count). The van der Waals surface area contributed by atoms with Crippen LogP contribution in [-0.2, 0) is 18.9 Å². The molecule has 0 bridgehead atoms. The lowest BCUT2D eigenvalue weighted by Gasteiger charge is -2.43. The Morgan fingerprint density at radius 2 is 1.41 bits per heavy atom. The van der Waals surface area contributed by atoms with Crippen molar-refractivity contribution in [1.82, 2.24) is 0 Å². The number of aliphatic hydroxyl groups excluding tert-OH is 9. The summed E-state index contributed by atoms with van der Waals surface area (Å²) in [5.41, 5.74) is -1.14. The van der Waals surface area contributed by atoms with Gasteiger partial charge in [0.2, 0.25) is 6.29 Å². The van der Waals surface area contributed by atoms with Gasteiger partial charge in [0.25, 0.3) is 0 Å². The average molecular weight is 697 g/mol. The van der Waals surface area contributed by atoms with Gasteiger partial charge in [-0.15, -0.1) is 0 Å². The minimum absolute atomic E-state index is 0.00120. The summed E-state index contributed by atoms with van der Waals surface area (Å²) in [4.78, 5) is 13.5. The molecule has 0 saturated carbocycles. The van der Waals surface area contributed by atoms with Crippen LogP contribution >= 0.6 is 0 Å². The van der Waals surface area contributed by atoms with Crippen molar-refractivity contribution in [2.45, 2.75) is 79.7 Å². The number of rotatable bonds is 7. The average Bonchev–Trinajstić information content (AvgIpc) is 3.07. The highest BCUT2D eigenvalue weighted by atomic mass is 16.7. The van der Waals surface area contributed by atoms with E-state index in [9.17, 15) is 61.0 Å². The van der Waals surface area contributed by atoms with Crippen molar-refractivity contribution in [3.8, 4) is 28.6 Å². The van der Waals surface area contributed by atoms with E-state index in [0.29, 0.717) is 5.56 Å². The van der Waals surface area contributed by atoms with Gasteiger partial charge >= 0.3 is 0 Å². The lowest BCUT2D eigenvalue weighted by atomic mass is 9.91. The summed E-state index contributed by atoms with van der Waals surface area (Å²) in [5.74, 6) is -1.35. The summed E-state index contributed by atoms with van der Waals surface area (Å²) in [5, 5.41) is 114. The number of phenolic OH excluding ortho intramolecular Hbond substituents is 2. The first-order chi connectivity index (χ1) is 23.3. The molecule has 18 nitrogen and oxygen atoms in total. The van der Waals surface area contributed by atoms with E-state index in [-0.39, 0.29) is 17.1 Å². The minimum atomic E-state index is -1.94. The van der Waals surface area contributed by atoms with Crippen LogP contribution < -0.4 is 10.2 Å². The van der Waals surface area contributed by atoms with Gasteiger partial charge in [-0.25, -0.2) is 0 Å². The number of hydrogen-bond acceptors (Lipinski definition) is 18. The second-order valence-electron chi connectivity index (χ2n) is 12.0. The number of aromatic hydroxyl groups is 2. The van der Waals surface area contributed by atoms with Crippen molar-refractivity contribution in [3.63, 3.8) is 0 Å². The molecule has 13 unspecified atom stereocenters. The third kappa shape index (κ3) is 6.59. The van der Waals surface area contributed by atoms with Gasteiger partial charge in [-0.3, -0.25) is 4.79 Å². The van der Waals surface area contributed by atoms with Crippen LogP contribution in [0.1, 0.15) is 11.7 Å². The summed E-state index contributed by atoms with van der Waals surface area (Å²) in [6.45, 7) is -1.86. The molecule has 3 aliphatic rings. The van der Waals surface area contributed by atoms with Gasteiger partial charge in [0.05, 0.1) is 25.4 Å². The quantitative estimate of drug-likeness (QED) is 0.115. The lowest BCUT2D eigenvalue weighted by Crippen LogP contribution is -2.60. The largest absolute Gasteiger partial charge is 0.508 e. The Morgan fingerprint density at radius 3 is 2.10 bits per heavy atom. The SMILES string of the molecule is O=c1cc(-c2ccc(O)cc2)oc2cc(OC3OC(CO)C(O)C(O)C3O)c(C3OCC(O)C(O)C3OC3OCC(O)C(O)C3O)c(O)c12. The van der Waals surface area contributed by atoms with E-state index in [4.69, 9.17) is 28.1 Å². The van der Waals surface area contributed by atoms with Crippen LogP contribution in [0.3, 0.4) is 0 Å². The maximum atomic E-state index is 13.5. The predicted molar refractivity (Wildman–Crippen MR) is 159 cm³/mol. The number of aliphatic hydroxyl groups is 9. The zero-order chi connectivity index (χ0) is 35.3. The van der Waals surface area contributed by atoms with Crippen LogP contribution in [0.4, 0.5) is 0 Å². The van der Waals surface area contributed by atoms with Crippen molar-refractivity contribution in [2.75, 3.05) is 19.8 Å². The standard InChI is InChI=1S/C31H36O18/c32-7-18-23(39)25(41)27(43)31(48-18)47-17-6-16-19(12(34)5-15(46-16)10-1-3-11(33)4-2-10)24(40)20(17)28-29(22(38)14(36)8-44-28)49-30-26(42)21(37)13(35)9-45-30/h1-6,13-14,18,21-23,25-33,35-43H,7-9H2. The number of ether oxygens (including phenoxy) is 5. The van der Waals surface area contributed by atoms with E-state index < -0.39 is 127 Å². The molecule has 3 aliphatic heterocycles. The monoisotopic (exact) mass is 696 g/mol. The molecule has 3 fully saturated rings. The topological polar surface area (TPSA) is 299 Å². The molecular formula is C31H36O18. The highest BCUT2D eigenvalue weighted by Gasteiger charge is 2.49. The Kier molecular flexibility index (Phi) is 10.1. The summed E-state index contributed by atoms with van der Waals surface area (Å²) < 4.78 is 34.2. The Morgan fingerprint density at radius 1 is 0.755 bits per heavy atom. The third-order valence-corrected chi connectivity index (χ3v) is 8.74.